The van der Waals surface area contributed by atoms with Gasteiger partial charge in [-0.25, -0.2) is 0 Å². The minimum atomic E-state index is 1.27. The molecule has 26 heavy (non-hydrogen) atoms. The summed E-state index contributed by atoms with van der Waals surface area (Å²) in [5, 5.41) is 7.73. The van der Waals surface area contributed by atoms with E-state index in [1.165, 1.54) is 47.0 Å². The van der Waals surface area contributed by atoms with Gasteiger partial charge in [-0.15, -0.1) is 0 Å². The minimum absolute atomic E-state index is 1.27. The van der Waals surface area contributed by atoms with E-state index in [0.717, 1.165) is 0 Å². The molecule has 0 amide bonds. The van der Waals surface area contributed by atoms with Crippen LogP contribution in [0.15, 0.2) is 97.1 Å². The molecule has 5 aromatic rings. The van der Waals surface area contributed by atoms with E-state index in [2.05, 4.69) is 120 Å². The summed E-state index contributed by atoms with van der Waals surface area (Å²) < 4.78 is 1.29. The van der Waals surface area contributed by atoms with Crippen LogP contribution in [0.2, 0.25) is 0 Å². The molecule has 0 nitrogen and oxygen atoms in total. The van der Waals surface area contributed by atoms with E-state index in [0.29, 0.717) is 0 Å². The third-order valence-corrected chi connectivity index (χ3v) is 5.92. The molecule has 122 valence electrons. The molecule has 0 N–H and O–H groups in total. The van der Waals surface area contributed by atoms with Gasteiger partial charge in [0.1, 0.15) is 0 Å². The fraction of sp³-hybridized carbons (Fsp3) is 0. The van der Waals surface area contributed by atoms with Crippen LogP contribution in [-0.2, 0) is 0 Å². The fourth-order valence-electron chi connectivity index (χ4n) is 3.86. The van der Waals surface area contributed by atoms with Crippen LogP contribution in [0.3, 0.4) is 0 Å². The third kappa shape index (κ3) is 2.46. The molecule has 0 unspecified atom stereocenters. The summed E-state index contributed by atoms with van der Waals surface area (Å²) >= 11 is 2.46. The lowest BCUT2D eigenvalue weighted by Crippen LogP contribution is -1.86. The van der Waals surface area contributed by atoms with Crippen molar-refractivity contribution in [1.82, 2.24) is 0 Å². The molecule has 0 bridgehead atoms. The number of rotatable bonds is 1. The summed E-state index contributed by atoms with van der Waals surface area (Å²) in [7, 11) is 0. The smallest absolute Gasteiger partial charge is 0.0605 e. The van der Waals surface area contributed by atoms with Crippen molar-refractivity contribution in [2.75, 3.05) is 0 Å². The molecule has 0 saturated heterocycles. The van der Waals surface area contributed by atoms with Crippen molar-refractivity contribution in [1.29, 1.82) is 0 Å². The molecule has 5 aromatic carbocycles. The lowest BCUT2D eigenvalue weighted by molar-refractivity contribution is 1.69. The molecule has 0 aliphatic carbocycles. The van der Waals surface area contributed by atoms with Crippen LogP contribution in [0.4, 0.5) is 0 Å². The van der Waals surface area contributed by atoms with Crippen molar-refractivity contribution in [2.24, 2.45) is 0 Å². The Morgan fingerprint density at radius 3 is 2.31 bits per heavy atom. The van der Waals surface area contributed by atoms with Gasteiger partial charge in [-0.05, 0) is 76.5 Å². The van der Waals surface area contributed by atoms with Crippen LogP contribution in [0.25, 0.3) is 43.4 Å². The molecule has 0 heterocycles. The number of fused-ring (bicyclic) bond motifs is 3. The Hall–Kier alpha value is -2.52. The lowest BCUT2D eigenvalue weighted by atomic mass is 9.93. The molecular formula is C25H16I+. The van der Waals surface area contributed by atoms with Gasteiger partial charge in [0.15, 0.2) is 0 Å². The Balaban J connectivity index is 2.08. The highest BCUT2D eigenvalue weighted by atomic mass is 127. The second kappa shape index (κ2) is 6.33. The second-order valence-corrected chi connectivity index (χ2v) is 7.69. The first-order valence-corrected chi connectivity index (χ1v) is 9.82. The van der Waals surface area contributed by atoms with Gasteiger partial charge < -0.3 is 0 Å². The van der Waals surface area contributed by atoms with Crippen molar-refractivity contribution in [3.05, 3.63) is 101 Å². The van der Waals surface area contributed by atoms with Gasteiger partial charge in [0.2, 0.25) is 0 Å². The maximum absolute atomic E-state index is 2.46. The predicted octanol–water partition coefficient (Wildman–Crippen LogP) is 7.70. The molecular weight excluding hydrogens is 427 g/mol. The van der Waals surface area contributed by atoms with Crippen LogP contribution in [0.1, 0.15) is 0 Å². The highest BCUT2D eigenvalue weighted by Crippen LogP contribution is 2.39. The molecule has 0 aliphatic heterocycles. The Labute approximate surface area is 166 Å². The van der Waals surface area contributed by atoms with Gasteiger partial charge >= 0.3 is 0 Å². The number of hydrogen-bond acceptors (Lipinski definition) is 0. The molecule has 0 saturated carbocycles. The highest BCUT2D eigenvalue weighted by Gasteiger charge is 2.17. The monoisotopic (exact) mass is 443 g/mol. The van der Waals surface area contributed by atoms with E-state index >= 15 is 0 Å². The first kappa shape index (κ1) is 15.7. The zero-order chi connectivity index (χ0) is 17.5. The maximum atomic E-state index is 2.46. The molecule has 0 aliphatic rings. The molecule has 1 heteroatoms. The maximum Gasteiger partial charge on any atom is 0.0803 e. The van der Waals surface area contributed by atoms with E-state index < -0.39 is 0 Å². The van der Waals surface area contributed by atoms with Crippen molar-refractivity contribution in [3.63, 3.8) is 0 Å². The van der Waals surface area contributed by atoms with Crippen molar-refractivity contribution in [2.45, 2.75) is 0 Å². The lowest BCUT2D eigenvalue weighted by Gasteiger charge is -2.08. The van der Waals surface area contributed by atoms with Gasteiger partial charge in [-0.3, -0.25) is 0 Å². The van der Waals surface area contributed by atoms with E-state index in [-0.39, 0.29) is 0 Å². The number of hydrogen-bond donors (Lipinski definition) is 0. The molecule has 0 aromatic heterocycles. The molecule has 5 rings (SSSR count). The Bertz CT molecular complexity index is 1230. The number of benzene rings is 4. The normalized spacial score (nSPS) is 11.3. The van der Waals surface area contributed by atoms with Gasteiger partial charge in [0, 0.05) is 37.4 Å². The molecule has 0 fully saturated rings. The van der Waals surface area contributed by atoms with Gasteiger partial charge in [-0.2, -0.15) is 0 Å². The topological polar surface area (TPSA) is 0 Å². The van der Waals surface area contributed by atoms with Gasteiger partial charge in [-0.1, -0.05) is 36.4 Å². The van der Waals surface area contributed by atoms with E-state index in [4.69, 9.17) is 0 Å². The van der Waals surface area contributed by atoms with E-state index in [9.17, 15) is 0 Å². The Morgan fingerprint density at radius 1 is 0.615 bits per heavy atom. The summed E-state index contributed by atoms with van der Waals surface area (Å²) in [5.41, 5.74) is 2.62. The fourth-order valence-corrected chi connectivity index (χ4v) is 4.67. The molecule has 0 atom stereocenters. The minimum Gasteiger partial charge on any atom is -0.0605 e. The summed E-state index contributed by atoms with van der Waals surface area (Å²) in [5.74, 6) is 0. The zero-order valence-electron chi connectivity index (χ0n) is 14.1. The summed E-state index contributed by atoms with van der Waals surface area (Å²) in [6, 6.07) is 35.0. The number of halogens is 1. The van der Waals surface area contributed by atoms with Gasteiger partial charge in [0.25, 0.3) is 0 Å². The van der Waals surface area contributed by atoms with Crippen molar-refractivity contribution in [3.8, 4) is 11.1 Å². The Kier molecular flexibility index (Phi) is 3.83. The van der Waals surface area contributed by atoms with Crippen LogP contribution in [0, 0.1) is 3.57 Å². The Morgan fingerprint density at radius 2 is 1.38 bits per heavy atom. The largest absolute Gasteiger partial charge is 0.0803 e. The van der Waals surface area contributed by atoms with Crippen molar-refractivity contribution < 1.29 is 0 Å². The van der Waals surface area contributed by atoms with Crippen LogP contribution < -0.4 is 0 Å². The first-order valence-electron chi connectivity index (χ1n) is 8.74. The molecule has 0 radical (unpaired) electrons. The SMILES string of the molecule is Ic1cccc2cccc(-c3c4ccccc4ccc4cccc[c+]34)c12. The summed E-state index contributed by atoms with van der Waals surface area (Å²) in [6.07, 6.45) is 0. The standard InChI is InChI=1S/C25H16I/c26-23-14-6-10-19-9-5-13-22(24(19)23)25-20-11-3-1-7-17(20)15-16-18-8-2-4-12-21(18)25/h1-16H/q+1. The summed E-state index contributed by atoms with van der Waals surface area (Å²) in [6.45, 7) is 0. The molecule has 0 spiro atoms. The highest BCUT2D eigenvalue weighted by molar-refractivity contribution is 14.1. The average molecular weight is 443 g/mol. The quantitative estimate of drug-likeness (QED) is 0.184. The van der Waals surface area contributed by atoms with Crippen LogP contribution in [0.5, 0.6) is 0 Å². The van der Waals surface area contributed by atoms with Gasteiger partial charge in [0.05, 0.1) is 16.3 Å². The van der Waals surface area contributed by atoms with E-state index in [1.807, 2.05) is 0 Å². The second-order valence-electron chi connectivity index (χ2n) is 6.53. The predicted molar refractivity (Wildman–Crippen MR) is 122 cm³/mol. The van der Waals surface area contributed by atoms with Crippen LogP contribution >= 0.6 is 22.6 Å². The van der Waals surface area contributed by atoms with Crippen molar-refractivity contribution >= 4 is 54.9 Å². The average Bonchev–Trinajstić information content (AvgIpc) is 2.85. The first-order chi connectivity index (χ1) is 12.8. The summed E-state index contributed by atoms with van der Waals surface area (Å²) in [4.78, 5) is 0. The third-order valence-electron chi connectivity index (χ3n) is 5.03. The van der Waals surface area contributed by atoms with Crippen LogP contribution in [-0.4, -0.2) is 0 Å². The zero-order valence-corrected chi connectivity index (χ0v) is 16.3. The van der Waals surface area contributed by atoms with E-state index in [1.54, 1.807) is 0 Å².